The minimum absolute atomic E-state index is 0.0250. The van der Waals surface area contributed by atoms with Crippen LogP contribution in [-0.2, 0) is 14.4 Å². The van der Waals surface area contributed by atoms with Crippen molar-refractivity contribution in [2.75, 3.05) is 93.2 Å². The molecule has 3 saturated heterocycles. The molecule has 27 nitrogen and oxygen atoms in total. The molecule has 0 saturated carbocycles. The number of benzene rings is 3. The summed E-state index contributed by atoms with van der Waals surface area (Å²) in [5.74, 6) is -6.40. The summed E-state index contributed by atoms with van der Waals surface area (Å²) >= 11 is 75.5. The average Bonchev–Trinajstić information content (AvgIpc) is 0.728. The van der Waals surface area contributed by atoms with E-state index in [0.717, 1.165) is 0 Å². The number of aromatic hydroxyl groups is 3. The molecule has 3 amide bonds. The molecule has 3 aromatic carbocycles. The second kappa shape index (κ2) is 40.7. The number of aryl methyl sites for hydroxylation is 3. The Balaban J connectivity index is 0.000000171. The summed E-state index contributed by atoms with van der Waals surface area (Å²) in [5, 5.41) is 58.6. The molecule has 3 aliphatic rings. The first-order chi connectivity index (χ1) is 64.0. The van der Waals surface area contributed by atoms with E-state index in [-0.39, 0.29) is 158 Å². The number of hydrogen-bond donors (Lipinski definition) is 3. The zero-order valence-electron chi connectivity index (χ0n) is 72.8. The number of carbonyl (C=O) groups excluding carboxylic acids is 3. The van der Waals surface area contributed by atoms with Crippen molar-refractivity contribution in [2.45, 2.75) is 80.1 Å². The molecule has 12 aromatic rings. The van der Waals surface area contributed by atoms with E-state index in [0.29, 0.717) is 106 Å². The Hall–Kier alpha value is -11.6. The molecule has 3 fully saturated rings. The number of rotatable bonds is 15. The Bertz CT molecular complexity index is 6650. The van der Waals surface area contributed by atoms with Crippen LogP contribution in [0.5, 0.6) is 17.2 Å². The lowest BCUT2D eigenvalue weighted by atomic mass is 10.0. The molecule has 0 spiro atoms. The largest absolute Gasteiger partial charge is 0.505 e. The highest BCUT2D eigenvalue weighted by atomic mass is 35.5. The number of nitriles is 3. The number of hydrogen-bond acceptors (Lipinski definition) is 21. The first kappa shape index (κ1) is 101. The topological polar surface area (TPSA) is 346 Å². The van der Waals surface area contributed by atoms with E-state index >= 15 is 13.2 Å². The highest BCUT2D eigenvalue weighted by Crippen LogP contribution is 2.53. The molecule has 0 aliphatic carbocycles. The molecule has 42 heteroatoms. The Kier molecular flexibility index (Phi) is 30.4. The van der Waals surface area contributed by atoms with Gasteiger partial charge in [0.25, 0.3) is 16.7 Å². The fourth-order valence-corrected chi connectivity index (χ4v) is 19.2. The average molecular weight is 2070 g/mol. The molecule has 9 aromatic heterocycles. The van der Waals surface area contributed by atoms with Crippen LogP contribution in [0.25, 0.3) is 83.9 Å². The van der Waals surface area contributed by atoms with Crippen molar-refractivity contribution < 1.29 is 42.9 Å². The molecule has 135 heavy (non-hydrogen) atoms. The fourth-order valence-electron chi connectivity index (χ4n) is 16.4. The zero-order valence-corrected chi connectivity index (χ0v) is 81.8. The third-order valence-corrected chi connectivity index (χ3v) is 27.4. The summed E-state index contributed by atoms with van der Waals surface area (Å²) in [7, 11) is 0. The van der Waals surface area contributed by atoms with Gasteiger partial charge in [0.05, 0.1) is 130 Å². The van der Waals surface area contributed by atoms with Gasteiger partial charge in [0.2, 0.25) is 17.7 Å². The number of anilines is 3. The molecule has 696 valence electrons. The SMILES string of the molecule is C=CC(=O)N1CCN(c2c(C#N)c(=O)n(-c3c(C)ccnc3C(C)C)c3nc(-c4c(F)c(Cl)c(Cl)c(O)c4Cl)c(Cl)cc23)CC1.C=CC(=O)N1CCN(c2c(C#N)c(=O)n(-c3c(C)ccnc3C(C)C)c3nc(-c4c(F)c(Cl)c(Cl)c(O)c4Cl)c(Cl)cc23)CC1.C=CC(=O)N1CCN(c2c(C#N)c(=O)n(-c3c(C)ccnc3C(C)C)c3nc(-c4c(F)c(Cl)c(Cl)c(O)c4Cl)c(Cl)cc23)CC1. The minimum atomic E-state index is -1.08. The lowest BCUT2D eigenvalue weighted by molar-refractivity contribution is -0.127. The summed E-state index contributed by atoms with van der Waals surface area (Å²) in [4.78, 5) is 118. The van der Waals surface area contributed by atoms with Crippen molar-refractivity contribution in [3.05, 3.63) is 252 Å². The maximum absolute atomic E-state index is 15.6. The molecular weight excluding hydrogens is 2000 g/mol. The molecule has 0 bridgehead atoms. The fraction of sp³-hybridized carbons (Fsp3) is 0.258. The van der Waals surface area contributed by atoms with Gasteiger partial charge in [-0.25, -0.2) is 28.1 Å². The normalized spacial score (nSPS) is 13.4. The number of piperazine rings is 3. The van der Waals surface area contributed by atoms with E-state index in [4.69, 9.17) is 154 Å². The maximum atomic E-state index is 15.6. The van der Waals surface area contributed by atoms with Crippen molar-refractivity contribution in [1.82, 2.24) is 58.3 Å². The van der Waals surface area contributed by atoms with Crippen molar-refractivity contribution in [3.8, 4) is 86.3 Å². The molecule has 12 heterocycles. The zero-order chi connectivity index (χ0) is 98.7. The summed E-state index contributed by atoms with van der Waals surface area (Å²) in [6.07, 6.45) is 8.54. The summed E-state index contributed by atoms with van der Waals surface area (Å²) in [6, 6.07) is 15.8. The van der Waals surface area contributed by atoms with Crippen molar-refractivity contribution in [1.29, 1.82) is 15.8 Å². The second-order valence-corrected chi connectivity index (χ2v) is 36.7. The van der Waals surface area contributed by atoms with E-state index < -0.39 is 113 Å². The third-order valence-electron chi connectivity index (χ3n) is 23.0. The van der Waals surface area contributed by atoms with Gasteiger partial charge in [0, 0.05) is 113 Å². The quantitative estimate of drug-likeness (QED) is 0.0487. The lowest BCUT2D eigenvalue weighted by Gasteiger charge is -2.36. The Morgan fingerprint density at radius 3 is 0.800 bits per heavy atom. The summed E-state index contributed by atoms with van der Waals surface area (Å²) in [6.45, 7) is 31.0. The number of phenolic OH excluding ortho intramolecular Hbond substituents is 3. The van der Waals surface area contributed by atoms with Crippen molar-refractivity contribution >= 4 is 207 Å². The Morgan fingerprint density at radius 1 is 0.378 bits per heavy atom. The second-order valence-electron chi connectivity index (χ2n) is 32.0. The van der Waals surface area contributed by atoms with Crippen LogP contribution in [0.1, 0.15) is 110 Å². The van der Waals surface area contributed by atoms with E-state index in [2.05, 4.69) is 52.9 Å². The molecule has 3 aliphatic heterocycles. The van der Waals surface area contributed by atoms with E-state index in [1.165, 1.54) is 50.1 Å². The number of nitrogens with zero attached hydrogens (tertiary/aromatic N) is 18. The van der Waals surface area contributed by atoms with Crippen LogP contribution in [0.15, 0.2) is 107 Å². The molecule has 15 rings (SSSR count). The number of phenols is 3. The molecule has 0 unspecified atom stereocenters. The van der Waals surface area contributed by atoms with Crippen molar-refractivity contribution in [3.63, 3.8) is 0 Å². The smallest absolute Gasteiger partial charge is 0.276 e. The van der Waals surface area contributed by atoms with Crippen molar-refractivity contribution in [2.24, 2.45) is 0 Å². The number of carbonyl (C=O) groups is 3. The number of halogens is 15. The van der Waals surface area contributed by atoms with Gasteiger partial charge in [-0.1, -0.05) is 200 Å². The predicted molar refractivity (Wildman–Crippen MR) is 524 cm³/mol. The monoisotopic (exact) mass is 2060 g/mol. The van der Waals surface area contributed by atoms with Crippen LogP contribution < -0.4 is 31.4 Å². The summed E-state index contributed by atoms with van der Waals surface area (Å²) in [5.41, 5.74) is 1.18. The molecule has 0 atom stereocenters. The number of aromatic nitrogens is 9. The lowest BCUT2D eigenvalue weighted by Crippen LogP contribution is -2.49. The van der Waals surface area contributed by atoms with Gasteiger partial charge in [-0.3, -0.25) is 57.4 Å². The van der Waals surface area contributed by atoms with Crippen LogP contribution in [-0.4, -0.2) is 170 Å². The van der Waals surface area contributed by atoms with Crippen LogP contribution in [0.3, 0.4) is 0 Å². The predicted octanol–water partition coefficient (Wildman–Crippen LogP) is 21.1. The first-order valence-electron chi connectivity index (χ1n) is 41.1. The first-order valence-corrected chi connectivity index (χ1v) is 45.6. The highest BCUT2D eigenvalue weighted by Gasteiger charge is 2.38. The van der Waals surface area contributed by atoms with E-state index in [1.807, 2.05) is 56.2 Å². The molecular formula is C93H75Cl12F3N18O9. The number of pyridine rings is 9. The van der Waals surface area contributed by atoms with Gasteiger partial charge in [0.1, 0.15) is 66.9 Å². The van der Waals surface area contributed by atoms with Gasteiger partial charge in [0.15, 0.2) is 34.7 Å². The number of amides is 3. The van der Waals surface area contributed by atoms with Crippen LogP contribution >= 0.6 is 139 Å². The van der Waals surface area contributed by atoms with Gasteiger partial charge >= 0.3 is 0 Å². The Labute approximate surface area is 829 Å². The van der Waals surface area contributed by atoms with Crippen LogP contribution in [0, 0.1) is 72.2 Å². The van der Waals surface area contributed by atoms with E-state index in [9.17, 15) is 59.9 Å². The van der Waals surface area contributed by atoms with Gasteiger partial charge in [-0.15, -0.1) is 0 Å². The summed E-state index contributed by atoms with van der Waals surface area (Å²) < 4.78 is 50.8. The standard InChI is InChI=1S/3C31H25Cl4FN6O3/c3*1-5-19(43)40-8-10-41(11-9-40)28-16-12-18(32)26(20-21(33)29(44)23(35)22(34)24(20)36)39-30(16)42(31(45)17(28)13-37)27-15(4)6-7-38-25(27)14(2)3/h3*5-7,12,14,44H,1,8-11H2,2-4H3. The highest BCUT2D eigenvalue weighted by molar-refractivity contribution is 6.48. The third kappa shape index (κ3) is 18.2. The van der Waals surface area contributed by atoms with Gasteiger partial charge in [-0.2, -0.15) is 15.8 Å². The van der Waals surface area contributed by atoms with Gasteiger partial charge < -0.3 is 44.7 Å². The minimum Gasteiger partial charge on any atom is -0.505 e. The van der Waals surface area contributed by atoms with E-state index in [1.54, 1.807) is 72.3 Å². The van der Waals surface area contributed by atoms with Crippen LogP contribution in [0.4, 0.5) is 30.2 Å². The van der Waals surface area contributed by atoms with Crippen LogP contribution in [0.2, 0.25) is 60.3 Å². The molecule has 0 radical (unpaired) electrons. The maximum Gasteiger partial charge on any atom is 0.276 e. The molecule has 3 N–H and O–H groups in total. The number of fused-ring (bicyclic) bond motifs is 3. The van der Waals surface area contributed by atoms with Gasteiger partial charge in [-0.05, 0) is 110 Å². The Morgan fingerprint density at radius 2 is 0.600 bits per heavy atom.